The molecule has 0 aliphatic rings. The topological polar surface area (TPSA) is 311 Å². The Bertz CT molecular complexity index is 1410. The number of halogens is 3. The number of carboxylic acids is 1. The maximum atomic E-state index is 12.6. The number of nitrogens with zero attached hydrogens (tertiary/aromatic N) is 3. The summed E-state index contributed by atoms with van der Waals surface area (Å²) in [6.07, 6.45) is -17.4. The van der Waals surface area contributed by atoms with Gasteiger partial charge >= 0.3 is 6.18 Å². The molecule has 20 nitrogen and oxygen atoms in total. The summed E-state index contributed by atoms with van der Waals surface area (Å²) in [4.78, 5) is 22.8. The number of aromatic nitrogens is 2. The second kappa shape index (κ2) is 26.8. The lowest BCUT2D eigenvalue weighted by Gasteiger charge is -2.33. The standard InChI is InChI=1S/C32H56N4O14.C2HF3O2/c1-3-35-20-36(4-2)23-15-21(5-6-22(23)35)32(47)33-7-9-48-11-13-50-14-12-49-10-8-34(16-24(39)28(43)30(45)26(41)18-37)17-25(40)29(44)31(46)27(42)19-38;3-2(4,5)1(6)7/h5-6,15,20,24-31,37-46H,3-4,7-14,16-19H2,1-2H3;(H,6,7)/t24-,25-,26+,27+,28+,29+,30+,31+;/m0./s1. The predicted octanol–water partition coefficient (Wildman–Crippen LogP) is -5.78. The fraction of sp³-hybridized carbons (Fsp3) is 0.735. The van der Waals surface area contributed by atoms with Crippen LogP contribution in [0.25, 0.3) is 11.0 Å². The van der Waals surface area contributed by atoms with Gasteiger partial charge in [-0.2, -0.15) is 13.2 Å². The predicted molar refractivity (Wildman–Crippen MR) is 188 cm³/mol. The molecule has 0 aliphatic heterocycles. The summed E-state index contributed by atoms with van der Waals surface area (Å²) in [7, 11) is 0. The number of benzene rings is 1. The minimum atomic E-state index is -5.19. The molecular weight excluding hydrogens is 777 g/mol. The number of alkyl halides is 3. The van der Waals surface area contributed by atoms with Crippen LogP contribution < -0.4 is 15.0 Å². The third-order valence-electron chi connectivity index (χ3n) is 8.42. The van der Waals surface area contributed by atoms with Crippen molar-refractivity contribution in [1.82, 2.24) is 14.8 Å². The summed E-state index contributed by atoms with van der Waals surface area (Å²) in [6, 6.07) is 5.63. The zero-order chi connectivity index (χ0) is 43.3. The molecule has 8 atom stereocenters. The number of ether oxygens (including phenoxy) is 3. The fourth-order valence-corrected chi connectivity index (χ4v) is 5.14. The van der Waals surface area contributed by atoms with Crippen molar-refractivity contribution < 1.29 is 97.7 Å². The van der Waals surface area contributed by atoms with Gasteiger partial charge < -0.3 is 80.5 Å². The Hall–Kier alpha value is -3.14. The van der Waals surface area contributed by atoms with Gasteiger partial charge in [-0.3, -0.25) is 9.69 Å². The number of nitrogens with one attached hydrogen (secondary N) is 1. The zero-order valence-corrected chi connectivity index (χ0v) is 31.7. The average molecular weight is 835 g/mol. The van der Waals surface area contributed by atoms with Crippen LogP contribution in [0.1, 0.15) is 24.2 Å². The van der Waals surface area contributed by atoms with E-state index in [4.69, 9.17) is 34.3 Å². The number of aliphatic hydroxyl groups excluding tert-OH is 10. The molecule has 57 heavy (non-hydrogen) atoms. The second-order valence-electron chi connectivity index (χ2n) is 12.6. The number of hydrogen-bond donors (Lipinski definition) is 11. The summed E-state index contributed by atoms with van der Waals surface area (Å²) in [6.45, 7) is 4.82. The van der Waals surface area contributed by atoms with E-state index >= 15 is 0 Å². The highest BCUT2D eigenvalue weighted by Gasteiger charge is 2.34. The third kappa shape index (κ3) is 18.1. The van der Waals surface area contributed by atoms with Crippen molar-refractivity contribution in [2.45, 2.75) is 81.9 Å². The van der Waals surface area contributed by atoms with Crippen molar-refractivity contribution in [3.63, 3.8) is 0 Å². The van der Waals surface area contributed by atoms with Gasteiger partial charge in [0.25, 0.3) is 5.91 Å². The highest BCUT2D eigenvalue weighted by Crippen LogP contribution is 2.15. The van der Waals surface area contributed by atoms with E-state index in [1.54, 1.807) is 6.07 Å². The number of aryl methyl sites for hydroxylation is 2. The van der Waals surface area contributed by atoms with Crippen LogP contribution in [0.5, 0.6) is 0 Å². The van der Waals surface area contributed by atoms with Crippen molar-refractivity contribution in [3.05, 3.63) is 30.1 Å². The van der Waals surface area contributed by atoms with Crippen LogP contribution in [-0.4, -0.2) is 206 Å². The molecule has 1 heterocycles. The van der Waals surface area contributed by atoms with E-state index in [9.17, 15) is 58.8 Å². The van der Waals surface area contributed by atoms with E-state index in [0.29, 0.717) is 12.1 Å². The zero-order valence-electron chi connectivity index (χ0n) is 31.7. The van der Waals surface area contributed by atoms with Crippen LogP contribution in [0, 0.1) is 0 Å². The molecule has 0 spiro atoms. The molecule has 1 aromatic heterocycles. The highest BCUT2D eigenvalue weighted by atomic mass is 19.4. The number of hydrogen-bond acceptors (Lipinski definition) is 17. The molecule has 11 N–H and O–H groups in total. The van der Waals surface area contributed by atoms with E-state index in [-0.39, 0.29) is 52.1 Å². The van der Waals surface area contributed by atoms with Crippen molar-refractivity contribution in [1.29, 1.82) is 0 Å². The third-order valence-corrected chi connectivity index (χ3v) is 8.42. The SMILES string of the molecule is CCn1c[n+](CC)c2cc(C(=O)NCCOCCOCCOCCN(C[C@H](O)[C@@H](O)[C@H](O)[C@H](O)CO)C[C@H](O)[C@@H](O)[C@H](O)[C@H](O)CO)ccc21.O=C([O-])C(F)(F)F. The highest BCUT2D eigenvalue weighted by molar-refractivity contribution is 5.96. The summed E-state index contributed by atoms with van der Waals surface area (Å²) in [5, 5.41) is 110. The van der Waals surface area contributed by atoms with Crippen LogP contribution in [0.15, 0.2) is 24.5 Å². The molecule has 0 fully saturated rings. The number of amides is 1. The Morgan fingerprint density at radius 2 is 1.25 bits per heavy atom. The normalized spacial score (nSPS) is 16.3. The van der Waals surface area contributed by atoms with Crippen molar-refractivity contribution in [3.8, 4) is 0 Å². The van der Waals surface area contributed by atoms with Gasteiger partial charge in [0.05, 0.1) is 78.2 Å². The largest absolute Gasteiger partial charge is 0.542 e. The Labute approximate surface area is 326 Å². The molecular formula is C34H57F3N4O16. The number of rotatable bonds is 27. The first-order chi connectivity index (χ1) is 26.8. The summed E-state index contributed by atoms with van der Waals surface area (Å²) in [5.74, 6) is -3.20. The maximum absolute atomic E-state index is 12.6. The smallest absolute Gasteiger partial charge is 0.430 e. The first-order valence-corrected chi connectivity index (χ1v) is 18.0. The van der Waals surface area contributed by atoms with Crippen molar-refractivity contribution >= 4 is 22.9 Å². The van der Waals surface area contributed by atoms with Crippen molar-refractivity contribution in [2.75, 3.05) is 79.0 Å². The molecule has 0 saturated carbocycles. The minimum Gasteiger partial charge on any atom is -0.542 e. The van der Waals surface area contributed by atoms with Gasteiger partial charge in [0.15, 0.2) is 11.0 Å². The van der Waals surface area contributed by atoms with Gasteiger partial charge in [0, 0.05) is 37.8 Å². The molecule has 330 valence electrons. The summed E-state index contributed by atoms with van der Waals surface area (Å²) < 4.78 is 52.3. The number of aliphatic carboxylic acids is 1. The van der Waals surface area contributed by atoms with Gasteiger partial charge in [-0.15, -0.1) is 0 Å². The summed E-state index contributed by atoms with van der Waals surface area (Å²) in [5.41, 5.74) is 2.63. The molecule has 2 rings (SSSR count). The maximum Gasteiger partial charge on any atom is 0.430 e. The Balaban J connectivity index is 0.00000211. The monoisotopic (exact) mass is 834 g/mol. The fourth-order valence-electron chi connectivity index (χ4n) is 5.14. The van der Waals surface area contributed by atoms with E-state index in [2.05, 4.69) is 28.3 Å². The molecule has 0 unspecified atom stereocenters. The van der Waals surface area contributed by atoms with E-state index in [1.165, 1.54) is 4.90 Å². The second-order valence-corrected chi connectivity index (χ2v) is 12.6. The lowest BCUT2D eigenvalue weighted by atomic mass is 10.0. The van der Waals surface area contributed by atoms with Gasteiger partial charge in [0.1, 0.15) is 42.6 Å². The first-order valence-electron chi connectivity index (χ1n) is 18.0. The summed E-state index contributed by atoms with van der Waals surface area (Å²) >= 11 is 0. The number of carboxylic acid groups (broad SMARTS) is 1. The number of imidazole rings is 1. The molecule has 0 aliphatic carbocycles. The molecule has 0 saturated heterocycles. The Kier molecular flexibility index (Phi) is 24.4. The number of aliphatic hydroxyl groups is 10. The van der Waals surface area contributed by atoms with Crippen LogP contribution in [0.3, 0.4) is 0 Å². The van der Waals surface area contributed by atoms with Crippen molar-refractivity contribution in [2.24, 2.45) is 0 Å². The Morgan fingerprint density at radius 3 is 1.68 bits per heavy atom. The van der Waals surface area contributed by atoms with Crippen LogP contribution in [-0.2, 0) is 32.1 Å². The average Bonchev–Trinajstić information content (AvgIpc) is 3.56. The molecule has 23 heteroatoms. The first kappa shape index (κ1) is 51.9. The minimum absolute atomic E-state index is 0.0254. The molecule has 1 aromatic carbocycles. The molecule has 1 amide bonds. The van der Waals surface area contributed by atoms with Gasteiger partial charge in [0.2, 0.25) is 6.33 Å². The van der Waals surface area contributed by atoms with Gasteiger partial charge in [-0.05, 0) is 26.0 Å². The van der Waals surface area contributed by atoms with Crippen LogP contribution in [0.4, 0.5) is 13.2 Å². The van der Waals surface area contributed by atoms with Crippen LogP contribution in [0.2, 0.25) is 0 Å². The van der Waals surface area contributed by atoms with E-state index in [0.717, 1.165) is 24.1 Å². The lowest BCUT2D eigenvalue weighted by Crippen LogP contribution is -2.53. The Morgan fingerprint density at radius 1 is 0.789 bits per heavy atom. The number of carbonyl (C=O) groups excluding carboxylic acids is 2. The van der Waals surface area contributed by atoms with E-state index < -0.39 is 87.3 Å². The molecule has 0 radical (unpaired) electrons. The van der Waals surface area contributed by atoms with Gasteiger partial charge in [-0.1, -0.05) is 0 Å². The van der Waals surface area contributed by atoms with Gasteiger partial charge in [-0.25, -0.2) is 9.13 Å². The molecule has 2 aromatic rings. The number of fused-ring (bicyclic) bond motifs is 1. The lowest BCUT2D eigenvalue weighted by molar-refractivity contribution is -0.668. The van der Waals surface area contributed by atoms with E-state index in [1.807, 2.05) is 18.5 Å². The quantitative estimate of drug-likeness (QED) is 0.0295. The van der Waals surface area contributed by atoms with Crippen LogP contribution >= 0.6 is 0 Å². The molecule has 0 bridgehead atoms. The number of carbonyl (C=O) groups is 2.